The van der Waals surface area contributed by atoms with E-state index in [9.17, 15) is 4.79 Å². The number of halogens is 1. The molecular weight excluding hydrogens is 384 g/mol. The van der Waals surface area contributed by atoms with E-state index < -0.39 is 0 Å². The second-order valence-electron chi connectivity index (χ2n) is 5.88. The summed E-state index contributed by atoms with van der Waals surface area (Å²) in [5.74, 6) is 1.07. The molecule has 1 aromatic heterocycles. The molecule has 140 valence electrons. The van der Waals surface area contributed by atoms with E-state index in [0.29, 0.717) is 35.2 Å². The summed E-state index contributed by atoms with van der Waals surface area (Å²) in [6, 6.07) is 12.5. The van der Waals surface area contributed by atoms with E-state index in [-0.39, 0.29) is 5.91 Å². The number of thiazole rings is 1. The highest BCUT2D eigenvalue weighted by Gasteiger charge is 2.18. The molecule has 0 radical (unpaired) electrons. The molecule has 0 unspecified atom stereocenters. The van der Waals surface area contributed by atoms with Crippen LogP contribution in [-0.4, -0.2) is 29.9 Å². The molecule has 0 aliphatic heterocycles. The number of amides is 1. The Labute approximate surface area is 167 Å². The van der Waals surface area contributed by atoms with Crippen LogP contribution < -0.4 is 9.47 Å². The fraction of sp³-hybridized carbons (Fsp3) is 0.200. The van der Waals surface area contributed by atoms with Crippen LogP contribution in [0.4, 0.5) is 0 Å². The maximum Gasteiger partial charge on any atom is 0.257 e. The Bertz CT molecular complexity index is 915. The molecule has 3 aromatic rings. The van der Waals surface area contributed by atoms with Crippen LogP contribution in [0, 0.1) is 0 Å². The molecular formula is C20H19ClN2O3S. The van der Waals surface area contributed by atoms with Gasteiger partial charge in [0.2, 0.25) is 0 Å². The van der Waals surface area contributed by atoms with Crippen molar-refractivity contribution >= 4 is 28.8 Å². The summed E-state index contributed by atoms with van der Waals surface area (Å²) >= 11 is 7.59. The molecule has 0 fully saturated rings. The molecule has 7 heteroatoms. The average molecular weight is 403 g/mol. The minimum Gasteiger partial charge on any atom is -0.496 e. The van der Waals surface area contributed by atoms with Crippen LogP contribution in [0.1, 0.15) is 21.6 Å². The molecule has 0 spiro atoms. The minimum atomic E-state index is -0.147. The monoisotopic (exact) mass is 402 g/mol. The van der Waals surface area contributed by atoms with Crippen LogP contribution in [0.15, 0.2) is 53.4 Å². The zero-order chi connectivity index (χ0) is 19.2. The van der Waals surface area contributed by atoms with Gasteiger partial charge in [0.1, 0.15) is 18.1 Å². The highest BCUT2D eigenvalue weighted by molar-refractivity contribution is 7.07. The van der Waals surface area contributed by atoms with Gasteiger partial charge < -0.3 is 14.4 Å². The zero-order valence-electron chi connectivity index (χ0n) is 15.0. The van der Waals surface area contributed by atoms with Crippen LogP contribution in [0.3, 0.4) is 0 Å². The second-order valence-corrected chi connectivity index (χ2v) is 7.04. The number of benzene rings is 2. The first-order chi connectivity index (χ1) is 13.1. The predicted molar refractivity (Wildman–Crippen MR) is 107 cm³/mol. The number of ether oxygens (including phenoxy) is 2. The normalized spacial score (nSPS) is 10.5. The number of hydrogen-bond donors (Lipinski definition) is 0. The number of carbonyl (C=O) groups excluding carboxylic acids is 1. The third kappa shape index (κ3) is 4.78. The standard InChI is InChI=1S/C20H19ClN2O3S/c1-23(10-14-9-15(21)7-8-18(14)25-2)20(24)17-5-3-4-6-19(17)26-11-16-12-27-13-22-16/h3-9,12-13H,10-11H2,1-2H3. The van der Waals surface area contributed by atoms with Crippen LogP contribution in [-0.2, 0) is 13.2 Å². The molecule has 0 atom stereocenters. The summed E-state index contributed by atoms with van der Waals surface area (Å²) in [4.78, 5) is 18.8. The summed E-state index contributed by atoms with van der Waals surface area (Å²) in [6.45, 7) is 0.683. The summed E-state index contributed by atoms with van der Waals surface area (Å²) < 4.78 is 11.2. The molecule has 5 nitrogen and oxygen atoms in total. The lowest BCUT2D eigenvalue weighted by Crippen LogP contribution is -2.27. The Kier molecular flexibility index (Phi) is 6.32. The second kappa shape index (κ2) is 8.88. The van der Waals surface area contributed by atoms with Gasteiger partial charge in [-0.1, -0.05) is 23.7 Å². The Morgan fingerprint density at radius 2 is 2.04 bits per heavy atom. The number of hydrogen-bond acceptors (Lipinski definition) is 5. The van der Waals surface area contributed by atoms with E-state index in [1.807, 2.05) is 17.5 Å². The van der Waals surface area contributed by atoms with E-state index >= 15 is 0 Å². The number of methoxy groups -OCH3 is 1. The van der Waals surface area contributed by atoms with Crippen molar-refractivity contribution in [1.82, 2.24) is 9.88 Å². The van der Waals surface area contributed by atoms with Gasteiger partial charge in [-0.3, -0.25) is 4.79 Å². The summed E-state index contributed by atoms with van der Waals surface area (Å²) in [7, 11) is 3.33. The Morgan fingerprint density at radius 1 is 1.22 bits per heavy atom. The van der Waals surface area contributed by atoms with Crippen molar-refractivity contribution in [2.75, 3.05) is 14.2 Å². The molecule has 0 aliphatic rings. The molecule has 0 saturated heterocycles. The number of carbonyl (C=O) groups is 1. The van der Waals surface area contributed by atoms with E-state index in [0.717, 1.165) is 11.3 Å². The van der Waals surface area contributed by atoms with Crippen molar-refractivity contribution in [2.45, 2.75) is 13.2 Å². The lowest BCUT2D eigenvalue weighted by Gasteiger charge is -2.20. The van der Waals surface area contributed by atoms with Crippen LogP contribution >= 0.6 is 22.9 Å². The van der Waals surface area contributed by atoms with Gasteiger partial charge in [0.05, 0.1) is 23.9 Å². The first-order valence-corrected chi connectivity index (χ1v) is 9.57. The number of nitrogens with zero attached hydrogens (tertiary/aromatic N) is 2. The van der Waals surface area contributed by atoms with Gasteiger partial charge in [0, 0.05) is 29.6 Å². The van der Waals surface area contributed by atoms with Crippen molar-refractivity contribution in [3.63, 3.8) is 0 Å². The van der Waals surface area contributed by atoms with Gasteiger partial charge in [0.15, 0.2) is 0 Å². The highest BCUT2D eigenvalue weighted by atomic mass is 35.5. The first kappa shape index (κ1) is 19.2. The molecule has 0 N–H and O–H groups in total. The van der Waals surface area contributed by atoms with E-state index in [1.165, 1.54) is 11.3 Å². The lowest BCUT2D eigenvalue weighted by molar-refractivity contribution is 0.0779. The smallest absolute Gasteiger partial charge is 0.257 e. The fourth-order valence-corrected chi connectivity index (χ4v) is 3.37. The van der Waals surface area contributed by atoms with Gasteiger partial charge in [-0.25, -0.2) is 4.98 Å². The number of aromatic nitrogens is 1. The number of rotatable bonds is 7. The quantitative estimate of drug-likeness (QED) is 0.577. The van der Waals surface area contributed by atoms with Crippen molar-refractivity contribution in [3.05, 3.63) is 75.2 Å². The summed E-state index contributed by atoms with van der Waals surface area (Å²) in [6.07, 6.45) is 0. The SMILES string of the molecule is COc1ccc(Cl)cc1CN(C)C(=O)c1ccccc1OCc1cscn1. The van der Waals surface area contributed by atoms with Crippen LogP contribution in [0.25, 0.3) is 0 Å². The minimum absolute atomic E-state index is 0.147. The molecule has 27 heavy (non-hydrogen) atoms. The molecule has 0 saturated carbocycles. The van der Waals surface area contributed by atoms with Crippen molar-refractivity contribution < 1.29 is 14.3 Å². The third-order valence-corrected chi connectivity index (χ3v) is 4.84. The Hall–Kier alpha value is -2.57. The van der Waals surface area contributed by atoms with Gasteiger partial charge in [-0.05, 0) is 30.3 Å². The zero-order valence-corrected chi connectivity index (χ0v) is 16.6. The topological polar surface area (TPSA) is 51.7 Å². The van der Waals surface area contributed by atoms with Gasteiger partial charge in [-0.15, -0.1) is 11.3 Å². The maximum absolute atomic E-state index is 13.0. The molecule has 1 heterocycles. The molecule has 0 aliphatic carbocycles. The Balaban J connectivity index is 1.76. The lowest BCUT2D eigenvalue weighted by atomic mass is 10.1. The first-order valence-electron chi connectivity index (χ1n) is 8.25. The molecule has 2 aromatic carbocycles. The fourth-order valence-electron chi connectivity index (χ4n) is 2.63. The molecule has 1 amide bonds. The van der Waals surface area contributed by atoms with Crippen molar-refractivity contribution in [2.24, 2.45) is 0 Å². The largest absolute Gasteiger partial charge is 0.496 e. The van der Waals surface area contributed by atoms with Gasteiger partial charge in [0.25, 0.3) is 5.91 Å². The average Bonchev–Trinajstić information content (AvgIpc) is 3.20. The summed E-state index contributed by atoms with van der Waals surface area (Å²) in [5, 5.41) is 2.51. The third-order valence-electron chi connectivity index (χ3n) is 3.97. The number of para-hydroxylation sites is 1. The predicted octanol–water partition coefficient (Wildman–Crippen LogP) is 4.66. The van der Waals surface area contributed by atoms with Crippen molar-refractivity contribution in [1.29, 1.82) is 0 Å². The maximum atomic E-state index is 13.0. The van der Waals surface area contributed by atoms with E-state index in [1.54, 1.807) is 54.9 Å². The highest BCUT2D eigenvalue weighted by Crippen LogP contribution is 2.26. The molecule has 3 rings (SSSR count). The van der Waals surface area contributed by atoms with Crippen LogP contribution in [0.2, 0.25) is 5.02 Å². The van der Waals surface area contributed by atoms with Crippen molar-refractivity contribution in [3.8, 4) is 11.5 Å². The van der Waals surface area contributed by atoms with Gasteiger partial charge >= 0.3 is 0 Å². The van der Waals surface area contributed by atoms with Gasteiger partial charge in [-0.2, -0.15) is 0 Å². The van der Waals surface area contributed by atoms with E-state index in [2.05, 4.69) is 4.98 Å². The Morgan fingerprint density at radius 3 is 2.78 bits per heavy atom. The summed E-state index contributed by atoms with van der Waals surface area (Å²) in [5.41, 5.74) is 3.92. The van der Waals surface area contributed by atoms with E-state index in [4.69, 9.17) is 21.1 Å². The van der Waals surface area contributed by atoms with Crippen LogP contribution in [0.5, 0.6) is 11.5 Å². The molecule has 0 bridgehead atoms.